The van der Waals surface area contributed by atoms with Gasteiger partial charge < -0.3 is 20.6 Å². The van der Waals surface area contributed by atoms with E-state index >= 15 is 0 Å². The summed E-state index contributed by atoms with van der Waals surface area (Å²) >= 11 is 0. The SMILES string of the molecule is O=C(O)CN(CC1CC1)C(=O)NCCCC(=O)NC1CC1. The van der Waals surface area contributed by atoms with Gasteiger partial charge in [0.15, 0.2) is 0 Å². The molecule has 7 heteroatoms. The van der Waals surface area contributed by atoms with Gasteiger partial charge >= 0.3 is 12.0 Å². The number of amides is 3. The van der Waals surface area contributed by atoms with Gasteiger partial charge in [-0.25, -0.2) is 4.79 Å². The zero-order chi connectivity index (χ0) is 15.2. The van der Waals surface area contributed by atoms with Crippen molar-refractivity contribution in [1.29, 1.82) is 0 Å². The van der Waals surface area contributed by atoms with E-state index in [1.54, 1.807) is 0 Å². The lowest BCUT2D eigenvalue weighted by atomic mass is 10.3. The number of aliphatic carboxylic acids is 1. The van der Waals surface area contributed by atoms with Gasteiger partial charge in [0.05, 0.1) is 0 Å². The molecule has 3 N–H and O–H groups in total. The van der Waals surface area contributed by atoms with Crippen LogP contribution in [0.15, 0.2) is 0 Å². The van der Waals surface area contributed by atoms with Gasteiger partial charge in [0.2, 0.25) is 5.91 Å². The van der Waals surface area contributed by atoms with E-state index in [9.17, 15) is 14.4 Å². The standard InChI is InChI=1S/C14H23N3O4/c18-12(16-11-5-6-11)2-1-7-15-14(21)17(9-13(19)20)8-10-3-4-10/h10-11H,1-9H2,(H,15,21)(H,16,18)(H,19,20). The molecule has 2 fully saturated rings. The summed E-state index contributed by atoms with van der Waals surface area (Å²) in [5, 5.41) is 14.4. The molecule has 0 radical (unpaired) electrons. The van der Waals surface area contributed by atoms with Crippen molar-refractivity contribution in [3.05, 3.63) is 0 Å². The third-order valence-corrected chi connectivity index (χ3v) is 3.59. The minimum absolute atomic E-state index is 0.0205. The van der Waals surface area contributed by atoms with Crippen molar-refractivity contribution in [2.75, 3.05) is 19.6 Å². The summed E-state index contributed by atoms with van der Waals surface area (Å²) in [5.74, 6) is -0.541. The van der Waals surface area contributed by atoms with Gasteiger partial charge in [0, 0.05) is 25.6 Å². The summed E-state index contributed by atoms with van der Waals surface area (Å²) in [6, 6.07) is 0.00333. The van der Waals surface area contributed by atoms with E-state index in [1.165, 1.54) is 4.90 Å². The number of nitrogens with zero attached hydrogens (tertiary/aromatic N) is 1. The Morgan fingerprint density at radius 1 is 1.14 bits per heavy atom. The van der Waals surface area contributed by atoms with Crippen LogP contribution >= 0.6 is 0 Å². The maximum Gasteiger partial charge on any atom is 0.323 e. The molecule has 0 unspecified atom stereocenters. The zero-order valence-electron chi connectivity index (χ0n) is 12.1. The summed E-state index contributed by atoms with van der Waals surface area (Å²) in [5.41, 5.74) is 0. The third-order valence-electron chi connectivity index (χ3n) is 3.59. The first-order chi connectivity index (χ1) is 10.0. The fourth-order valence-electron chi connectivity index (χ4n) is 2.08. The Kier molecular flexibility index (Phi) is 5.41. The van der Waals surface area contributed by atoms with Crippen LogP contribution in [0.25, 0.3) is 0 Å². The summed E-state index contributed by atoms with van der Waals surface area (Å²) in [7, 11) is 0. The molecule has 0 heterocycles. The molecular formula is C14H23N3O4. The van der Waals surface area contributed by atoms with Crippen LogP contribution in [0.5, 0.6) is 0 Å². The number of nitrogens with one attached hydrogen (secondary N) is 2. The second-order valence-corrected chi connectivity index (χ2v) is 5.89. The Hall–Kier alpha value is -1.79. The molecule has 3 amide bonds. The molecular weight excluding hydrogens is 274 g/mol. The van der Waals surface area contributed by atoms with Gasteiger partial charge in [-0.3, -0.25) is 9.59 Å². The fourth-order valence-corrected chi connectivity index (χ4v) is 2.08. The molecule has 0 saturated heterocycles. The molecule has 0 aromatic carbocycles. The van der Waals surface area contributed by atoms with Gasteiger partial charge in [-0.05, 0) is 38.0 Å². The van der Waals surface area contributed by atoms with Crippen molar-refractivity contribution in [2.45, 2.75) is 44.6 Å². The molecule has 2 saturated carbocycles. The number of carbonyl (C=O) groups is 3. The van der Waals surface area contributed by atoms with E-state index in [0.29, 0.717) is 37.9 Å². The van der Waals surface area contributed by atoms with Crippen molar-refractivity contribution in [2.24, 2.45) is 5.92 Å². The van der Waals surface area contributed by atoms with Gasteiger partial charge in [-0.1, -0.05) is 0 Å². The minimum atomic E-state index is -1.00. The summed E-state index contributed by atoms with van der Waals surface area (Å²) in [6.45, 7) is 0.614. The first-order valence-electron chi connectivity index (χ1n) is 7.58. The molecule has 0 aromatic rings. The topological polar surface area (TPSA) is 98.7 Å². The molecule has 0 aromatic heterocycles. The summed E-state index contributed by atoms with van der Waals surface area (Å²) in [6.07, 6.45) is 5.20. The second kappa shape index (κ2) is 7.28. The Balaban J connectivity index is 1.60. The first kappa shape index (κ1) is 15.6. The zero-order valence-corrected chi connectivity index (χ0v) is 12.1. The van der Waals surface area contributed by atoms with Gasteiger partial charge in [0.1, 0.15) is 6.54 Å². The van der Waals surface area contributed by atoms with Crippen molar-refractivity contribution in [3.63, 3.8) is 0 Å². The van der Waals surface area contributed by atoms with Crippen molar-refractivity contribution in [3.8, 4) is 0 Å². The van der Waals surface area contributed by atoms with Gasteiger partial charge in [-0.15, -0.1) is 0 Å². The average Bonchev–Trinajstić information content (AvgIpc) is 3.28. The van der Waals surface area contributed by atoms with Crippen LogP contribution in [0, 0.1) is 5.92 Å². The number of carbonyl (C=O) groups excluding carboxylic acids is 2. The predicted molar refractivity (Wildman–Crippen MR) is 75.7 cm³/mol. The van der Waals surface area contributed by atoms with Gasteiger partial charge in [0.25, 0.3) is 0 Å². The maximum absolute atomic E-state index is 11.9. The van der Waals surface area contributed by atoms with E-state index in [-0.39, 0.29) is 18.5 Å². The molecule has 0 aliphatic heterocycles. The lowest BCUT2D eigenvalue weighted by Gasteiger charge is -2.21. The maximum atomic E-state index is 11.9. The molecule has 0 bridgehead atoms. The van der Waals surface area contributed by atoms with E-state index in [0.717, 1.165) is 25.7 Å². The molecule has 2 aliphatic carbocycles. The van der Waals surface area contributed by atoms with E-state index in [2.05, 4.69) is 10.6 Å². The Morgan fingerprint density at radius 3 is 2.43 bits per heavy atom. The average molecular weight is 297 g/mol. The van der Waals surface area contributed by atoms with Crippen LogP contribution in [0.2, 0.25) is 0 Å². The lowest BCUT2D eigenvalue weighted by Crippen LogP contribution is -2.44. The van der Waals surface area contributed by atoms with Crippen LogP contribution in [0.1, 0.15) is 38.5 Å². The van der Waals surface area contributed by atoms with Crippen molar-refractivity contribution < 1.29 is 19.5 Å². The number of rotatable bonds is 9. The van der Waals surface area contributed by atoms with Gasteiger partial charge in [-0.2, -0.15) is 0 Å². The smallest absolute Gasteiger partial charge is 0.323 e. The highest BCUT2D eigenvalue weighted by molar-refractivity contribution is 5.80. The molecule has 7 nitrogen and oxygen atoms in total. The van der Waals surface area contributed by atoms with E-state index < -0.39 is 5.97 Å². The highest BCUT2D eigenvalue weighted by Crippen LogP contribution is 2.29. The monoisotopic (exact) mass is 297 g/mol. The minimum Gasteiger partial charge on any atom is -0.480 e. The predicted octanol–water partition coefficient (Wildman–Crippen LogP) is 0.551. The number of hydrogen-bond donors (Lipinski definition) is 3. The number of carboxylic acids is 1. The molecule has 2 rings (SSSR count). The highest BCUT2D eigenvalue weighted by atomic mass is 16.4. The third kappa shape index (κ3) is 6.46. The number of hydrogen-bond acceptors (Lipinski definition) is 3. The molecule has 2 aliphatic rings. The summed E-state index contributed by atoms with van der Waals surface area (Å²) < 4.78 is 0. The van der Waals surface area contributed by atoms with E-state index in [1.807, 2.05) is 0 Å². The van der Waals surface area contributed by atoms with Crippen LogP contribution in [-0.2, 0) is 9.59 Å². The normalized spacial score (nSPS) is 17.1. The highest BCUT2D eigenvalue weighted by Gasteiger charge is 2.28. The fraction of sp³-hybridized carbons (Fsp3) is 0.786. The Morgan fingerprint density at radius 2 is 1.86 bits per heavy atom. The van der Waals surface area contributed by atoms with Crippen LogP contribution < -0.4 is 10.6 Å². The lowest BCUT2D eigenvalue weighted by molar-refractivity contribution is -0.137. The van der Waals surface area contributed by atoms with Crippen molar-refractivity contribution in [1.82, 2.24) is 15.5 Å². The molecule has 0 spiro atoms. The largest absolute Gasteiger partial charge is 0.480 e. The molecule has 0 atom stereocenters. The van der Waals surface area contributed by atoms with Crippen LogP contribution in [-0.4, -0.2) is 53.6 Å². The van der Waals surface area contributed by atoms with Crippen LogP contribution in [0.3, 0.4) is 0 Å². The number of urea groups is 1. The summed E-state index contributed by atoms with van der Waals surface area (Å²) in [4.78, 5) is 35.5. The molecule has 118 valence electrons. The number of carboxylic acid groups (broad SMARTS) is 1. The van der Waals surface area contributed by atoms with Crippen molar-refractivity contribution >= 4 is 17.9 Å². The Labute approximate surface area is 124 Å². The first-order valence-corrected chi connectivity index (χ1v) is 7.58. The Bertz CT molecular complexity index is 405. The second-order valence-electron chi connectivity index (χ2n) is 5.89. The quantitative estimate of drug-likeness (QED) is 0.541. The molecule has 21 heavy (non-hydrogen) atoms. The van der Waals surface area contributed by atoms with Crippen LogP contribution in [0.4, 0.5) is 4.79 Å². The van der Waals surface area contributed by atoms with E-state index in [4.69, 9.17) is 5.11 Å².